The van der Waals surface area contributed by atoms with E-state index in [1.807, 2.05) is 6.20 Å². The summed E-state index contributed by atoms with van der Waals surface area (Å²) in [5, 5.41) is 6.67. The van der Waals surface area contributed by atoms with Gasteiger partial charge in [-0.2, -0.15) is 0 Å². The summed E-state index contributed by atoms with van der Waals surface area (Å²) >= 11 is 0. The van der Waals surface area contributed by atoms with Gasteiger partial charge in [0.1, 0.15) is 0 Å². The van der Waals surface area contributed by atoms with Crippen molar-refractivity contribution in [2.75, 3.05) is 19.6 Å². The van der Waals surface area contributed by atoms with E-state index in [2.05, 4.69) is 20.6 Å². The van der Waals surface area contributed by atoms with Gasteiger partial charge < -0.3 is 10.6 Å². The molecule has 0 aliphatic carbocycles. The fraction of sp³-hybridized carbons (Fsp3) is 0.500. The summed E-state index contributed by atoms with van der Waals surface area (Å²) in [6.45, 7) is 2.98. The first-order chi connectivity index (χ1) is 5.97. The van der Waals surface area contributed by atoms with Crippen molar-refractivity contribution in [3.63, 3.8) is 0 Å². The van der Waals surface area contributed by atoms with Crippen LogP contribution >= 0.6 is 0 Å². The molecule has 1 fully saturated rings. The molecule has 1 unspecified atom stereocenters. The predicted octanol–water partition coefficient (Wildman–Crippen LogP) is -0.290. The lowest BCUT2D eigenvalue weighted by Gasteiger charge is -2.23. The van der Waals surface area contributed by atoms with Crippen LogP contribution in [0, 0.1) is 0 Å². The minimum absolute atomic E-state index is 0.326. The van der Waals surface area contributed by atoms with E-state index in [-0.39, 0.29) is 0 Å². The Morgan fingerprint density at radius 1 is 1.33 bits per heavy atom. The van der Waals surface area contributed by atoms with Crippen molar-refractivity contribution in [2.45, 2.75) is 6.04 Å². The third-order valence-electron chi connectivity index (χ3n) is 1.98. The second-order valence-electron chi connectivity index (χ2n) is 2.84. The summed E-state index contributed by atoms with van der Waals surface area (Å²) in [7, 11) is 0. The first-order valence-corrected chi connectivity index (χ1v) is 4.17. The summed E-state index contributed by atoms with van der Waals surface area (Å²) in [6, 6.07) is 0.326. The lowest BCUT2D eigenvalue weighted by atomic mass is 10.2. The molecule has 1 aromatic heterocycles. The largest absolute Gasteiger partial charge is 0.314 e. The van der Waals surface area contributed by atoms with Crippen LogP contribution in [0.1, 0.15) is 11.7 Å². The highest BCUT2D eigenvalue weighted by molar-refractivity contribution is 5.03. The van der Waals surface area contributed by atoms with Gasteiger partial charge in [0.05, 0.1) is 17.9 Å². The first kappa shape index (κ1) is 7.64. The number of hydrogen-bond acceptors (Lipinski definition) is 4. The van der Waals surface area contributed by atoms with Crippen LogP contribution < -0.4 is 10.6 Å². The van der Waals surface area contributed by atoms with Gasteiger partial charge >= 0.3 is 0 Å². The second kappa shape index (κ2) is 3.60. The average Bonchev–Trinajstić information content (AvgIpc) is 2.21. The normalized spacial score (nSPS) is 23.8. The van der Waals surface area contributed by atoms with Gasteiger partial charge in [0.2, 0.25) is 0 Å². The monoisotopic (exact) mass is 164 g/mol. The molecular formula is C8H12N4. The molecule has 1 saturated heterocycles. The van der Waals surface area contributed by atoms with E-state index < -0.39 is 0 Å². The maximum Gasteiger partial charge on any atom is 0.0769 e. The Balaban J connectivity index is 2.08. The van der Waals surface area contributed by atoms with Crippen molar-refractivity contribution in [1.29, 1.82) is 0 Å². The fourth-order valence-electron chi connectivity index (χ4n) is 1.35. The zero-order valence-electron chi connectivity index (χ0n) is 6.83. The highest BCUT2D eigenvalue weighted by Gasteiger charge is 2.14. The Hall–Kier alpha value is -1.00. The maximum absolute atomic E-state index is 4.24. The Labute approximate surface area is 71.4 Å². The van der Waals surface area contributed by atoms with Crippen LogP contribution in [0.25, 0.3) is 0 Å². The zero-order valence-corrected chi connectivity index (χ0v) is 6.83. The highest BCUT2D eigenvalue weighted by Crippen LogP contribution is 2.07. The molecule has 0 amide bonds. The summed E-state index contributed by atoms with van der Waals surface area (Å²) in [4.78, 5) is 8.27. The molecule has 1 aliphatic heterocycles. The van der Waals surface area contributed by atoms with Crippen molar-refractivity contribution in [3.05, 3.63) is 24.3 Å². The number of piperazine rings is 1. The smallest absolute Gasteiger partial charge is 0.0769 e. The van der Waals surface area contributed by atoms with Crippen LogP contribution in [-0.2, 0) is 0 Å². The van der Waals surface area contributed by atoms with Crippen LogP contribution in [0.3, 0.4) is 0 Å². The van der Waals surface area contributed by atoms with Crippen LogP contribution in [0.5, 0.6) is 0 Å². The molecule has 0 bridgehead atoms. The molecule has 0 spiro atoms. The molecule has 1 aliphatic rings. The Bertz CT molecular complexity index is 230. The maximum atomic E-state index is 4.24. The van der Waals surface area contributed by atoms with Gasteiger partial charge in [0.25, 0.3) is 0 Å². The van der Waals surface area contributed by atoms with E-state index >= 15 is 0 Å². The Kier molecular flexibility index (Phi) is 2.29. The van der Waals surface area contributed by atoms with Gasteiger partial charge in [-0.25, -0.2) is 0 Å². The molecule has 1 aromatic rings. The van der Waals surface area contributed by atoms with E-state index in [0.29, 0.717) is 6.04 Å². The van der Waals surface area contributed by atoms with Crippen LogP contribution in [0.4, 0.5) is 0 Å². The number of rotatable bonds is 1. The SMILES string of the molecule is c1cnc(C2CNCCN2)cn1. The minimum Gasteiger partial charge on any atom is -0.314 e. The van der Waals surface area contributed by atoms with Crippen molar-refractivity contribution < 1.29 is 0 Å². The van der Waals surface area contributed by atoms with Gasteiger partial charge in [-0.15, -0.1) is 0 Å². The first-order valence-electron chi connectivity index (χ1n) is 4.17. The molecule has 4 nitrogen and oxygen atoms in total. The van der Waals surface area contributed by atoms with Crippen LogP contribution in [-0.4, -0.2) is 29.6 Å². The molecule has 2 heterocycles. The number of nitrogens with zero attached hydrogens (tertiary/aromatic N) is 2. The molecule has 2 rings (SSSR count). The molecule has 2 N–H and O–H groups in total. The molecule has 64 valence electrons. The van der Waals surface area contributed by atoms with Crippen molar-refractivity contribution in [1.82, 2.24) is 20.6 Å². The number of hydrogen-bond donors (Lipinski definition) is 2. The van der Waals surface area contributed by atoms with E-state index in [1.165, 1.54) is 0 Å². The lowest BCUT2D eigenvalue weighted by Crippen LogP contribution is -2.42. The summed E-state index contributed by atoms with van der Waals surface area (Å²) in [5.74, 6) is 0. The highest BCUT2D eigenvalue weighted by atomic mass is 15.1. The van der Waals surface area contributed by atoms with Gasteiger partial charge in [-0.05, 0) is 0 Å². The van der Waals surface area contributed by atoms with Crippen molar-refractivity contribution >= 4 is 0 Å². The molecule has 12 heavy (non-hydrogen) atoms. The molecule has 0 aromatic carbocycles. The minimum atomic E-state index is 0.326. The van der Waals surface area contributed by atoms with Crippen LogP contribution in [0.15, 0.2) is 18.6 Å². The van der Waals surface area contributed by atoms with E-state index in [4.69, 9.17) is 0 Å². The number of nitrogens with one attached hydrogen (secondary N) is 2. The fourth-order valence-corrected chi connectivity index (χ4v) is 1.35. The van der Waals surface area contributed by atoms with Gasteiger partial charge in [-0.1, -0.05) is 0 Å². The molecule has 4 heteroatoms. The Morgan fingerprint density at radius 3 is 3.00 bits per heavy atom. The Morgan fingerprint density at radius 2 is 2.33 bits per heavy atom. The molecule has 0 saturated carbocycles. The van der Waals surface area contributed by atoms with E-state index in [9.17, 15) is 0 Å². The van der Waals surface area contributed by atoms with Gasteiger partial charge in [0, 0.05) is 32.0 Å². The lowest BCUT2D eigenvalue weighted by molar-refractivity contribution is 0.422. The molecule has 1 atom stereocenters. The number of aromatic nitrogens is 2. The predicted molar refractivity (Wildman–Crippen MR) is 45.6 cm³/mol. The summed E-state index contributed by atoms with van der Waals surface area (Å²) in [6.07, 6.45) is 5.23. The van der Waals surface area contributed by atoms with Crippen LogP contribution in [0.2, 0.25) is 0 Å². The standard InChI is InChI=1S/C8H12N4/c1-3-11-7(5-9-1)8-6-10-2-4-12-8/h1,3,5,8,10,12H,2,4,6H2. The van der Waals surface area contributed by atoms with E-state index in [0.717, 1.165) is 25.3 Å². The molecular weight excluding hydrogens is 152 g/mol. The quantitative estimate of drug-likeness (QED) is 0.599. The zero-order chi connectivity index (χ0) is 8.23. The van der Waals surface area contributed by atoms with Crippen molar-refractivity contribution in [2.24, 2.45) is 0 Å². The van der Waals surface area contributed by atoms with Crippen molar-refractivity contribution in [3.8, 4) is 0 Å². The average molecular weight is 164 g/mol. The van der Waals surface area contributed by atoms with Gasteiger partial charge in [0.15, 0.2) is 0 Å². The molecule has 0 radical (unpaired) electrons. The third kappa shape index (κ3) is 1.60. The third-order valence-corrected chi connectivity index (χ3v) is 1.98. The van der Waals surface area contributed by atoms with Gasteiger partial charge in [-0.3, -0.25) is 9.97 Å². The summed E-state index contributed by atoms with van der Waals surface area (Å²) < 4.78 is 0. The summed E-state index contributed by atoms with van der Waals surface area (Å²) in [5.41, 5.74) is 1.02. The van der Waals surface area contributed by atoms with E-state index in [1.54, 1.807) is 12.4 Å². The topological polar surface area (TPSA) is 49.8 Å². The second-order valence-corrected chi connectivity index (χ2v) is 2.84.